The summed E-state index contributed by atoms with van der Waals surface area (Å²) in [7, 11) is 0. The standard InChI is InChI=1S/C21H20N4O3/c26-20(27)13-24-19-8-2-1-7-18(19)21(28)25(14-16-5-3-9-22-11-16)15-17-6-4-10-23-12-17/h1-12,24H,13-15H2,(H,26,27). The Morgan fingerprint density at radius 3 is 2.04 bits per heavy atom. The van der Waals surface area contributed by atoms with Crippen LogP contribution in [0.25, 0.3) is 0 Å². The van der Waals surface area contributed by atoms with Gasteiger partial charge in [-0.3, -0.25) is 19.6 Å². The van der Waals surface area contributed by atoms with E-state index < -0.39 is 5.97 Å². The van der Waals surface area contributed by atoms with Gasteiger partial charge in [0.05, 0.1) is 5.56 Å². The van der Waals surface area contributed by atoms with E-state index in [0.717, 1.165) is 11.1 Å². The molecule has 0 saturated carbocycles. The van der Waals surface area contributed by atoms with Gasteiger partial charge in [0.25, 0.3) is 5.91 Å². The molecule has 0 unspecified atom stereocenters. The van der Waals surface area contributed by atoms with E-state index in [4.69, 9.17) is 5.11 Å². The van der Waals surface area contributed by atoms with Gasteiger partial charge in [-0.25, -0.2) is 0 Å². The molecule has 7 nitrogen and oxygen atoms in total. The van der Waals surface area contributed by atoms with Gasteiger partial charge in [-0.05, 0) is 35.4 Å². The van der Waals surface area contributed by atoms with E-state index in [1.165, 1.54) is 0 Å². The number of carbonyl (C=O) groups excluding carboxylic acids is 1. The third-order valence-corrected chi connectivity index (χ3v) is 4.07. The lowest BCUT2D eigenvalue weighted by atomic mass is 10.1. The number of aromatic nitrogens is 2. The van der Waals surface area contributed by atoms with Crippen molar-refractivity contribution in [1.29, 1.82) is 0 Å². The van der Waals surface area contributed by atoms with E-state index >= 15 is 0 Å². The minimum absolute atomic E-state index is 0.207. The smallest absolute Gasteiger partial charge is 0.322 e. The first-order valence-electron chi connectivity index (χ1n) is 8.75. The average molecular weight is 376 g/mol. The maximum Gasteiger partial charge on any atom is 0.322 e. The van der Waals surface area contributed by atoms with E-state index in [1.807, 2.05) is 24.3 Å². The molecule has 1 amide bonds. The molecule has 0 spiro atoms. The van der Waals surface area contributed by atoms with Crippen LogP contribution in [0.15, 0.2) is 73.3 Å². The van der Waals surface area contributed by atoms with Crippen molar-refractivity contribution in [3.63, 3.8) is 0 Å². The number of para-hydroxylation sites is 1. The molecule has 2 aromatic heterocycles. The van der Waals surface area contributed by atoms with Gasteiger partial charge in [0.1, 0.15) is 6.54 Å². The molecule has 7 heteroatoms. The largest absolute Gasteiger partial charge is 0.480 e. The Balaban J connectivity index is 1.89. The summed E-state index contributed by atoms with van der Waals surface area (Å²) in [5.74, 6) is -1.20. The van der Waals surface area contributed by atoms with Gasteiger partial charge >= 0.3 is 5.97 Å². The molecule has 0 radical (unpaired) electrons. The first kappa shape index (κ1) is 19.0. The molecular weight excluding hydrogens is 356 g/mol. The maximum atomic E-state index is 13.3. The number of hydrogen-bond acceptors (Lipinski definition) is 5. The Hall–Kier alpha value is -3.74. The van der Waals surface area contributed by atoms with Crippen LogP contribution in [0.3, 0.4) is 0 Å². The number of pyridine rings is 2. The predicted molar refractivity (Wildman–Crippen MR) is 105 cm³/mol. The van der Waals surface area contributed by atoms with Crippen molar-refractivity contribution in [3.05, 3.63) is 90.0 Å². The Labute approximate surface area is 162 Å². The number of carboxylic acids is 1. The number of rotatable bonds is 8. The van der Waals surface area contributed by atoms with Crippen molar-refractivity contribution in [1.82, 2.24) is 14.9 Å². The zero-order chi connectivity index (χ0) is 19.8. The van der Waals surface area contributed by atoms with Crippen LogP contribution < -0.4 is 5.32 Å². The van der Waals surface area contributed by atoms with Gasteiger partial charge in [-0.1, -0.05) is 24.3 Å². The fraction of sp³-hybridized carbons (Fsp3) is 0.143. The van der Waals surface area contributed by atoms with Crippen LogP contribution in [-0.2, 0) is 17.9 Å². The highest BCUT2D eigenvalue weighted by Crippen LogP contribution is 2.20. The second-order valence-electron chi connectivity index (χ2n) is 6.18. The number of carbonyl (C=O) groups is 2. The van der Waals surface area contributed by atoms with Crippen molar-refractivity contribution in [3.8, 4) is 0 Å². The van der Waals surface area contributed by atoms with Crippen LogP contribution in [0.5, 0.6) is 0 Å². The molecule has 2 N–H and O–H groups in total. The average Bonchev–Trinajstić information content (AvgIpc) is 2.73. The summed E-state index contributed by atoms with van der Waals surface area (Å²) in [4.78, 5) is 34.1. The number of hydrogen-bond donors (Lipinski definition) is 2. The van der Waals surface area contributed by atoms with Gasteiger partial charge in [0.2, 0.25) is 0 Å². The summed E-state index contributed by atoms with van der Waals surface area (Å²) >= 11 is 0. The number of amides is 1. The van der Waals surface area contributed by atoms with Gasteiger partial charge in [-0.2, -0.15) is 0 Å². The molecule has 0 aliphatic rings. The van der Waals surface area contributed by atoms with Crippen molar-refractivity contribution >= 4 is 17.6 Å². The molecule has 0 fully saturated rings. The van der Waals surface area contributed by atoms with E-state index in [2.05, 4.69) is 15.3 Å². The predicted octanol–water partition coefficient (Wildman–Crippen LogP) is 2.82. The van der Waals surface area contributed by atoms with Crippen LogP contribution in [0.2, 0.25) is 0 Å². The molecule has 28 heavy (non-hydrogen) atoms. The number of nitrogens with zero attached hydrogens (tertiary/aromatic N) is 3. The summed E-state index contributed by atoms with van der Waals surface area (Å²) in [5.41, 5.74) is 2.69. The first-order chi connectivity index (χ1) is 13.6. The lowest BCUT2D eigenvalue weighted by Gasteiger charge is -2.24. The number of nitrogens with one attached hydrogen (secondary N) is 1. The Bertz CT molecular complexity index is 891. The molecule has 3 aromatic rings. The lowest BCUT2D eigenvalue weighted by Crippen LogP contribution is -2.31. The van der Waals surface area contributed by atoms with Crippen LogP contribution in [-0.4, -0.2) is 38.4 Å². The molecule has 0 atom stereocenters. The van der Waals surface area contributed by atoms with Crippen molar-refractivity contribution in [2.75, 3.05) is 11.9 Å². The van der Waals surface area contributed by atoms with E-state index in [0.29, 0.717) is 24.3 Å². The first-order valence-corrected chi connectivity index (χ1v) is 8.75. The second kappa shape index (κ2) is 9.27. The second-order valence-corrected chi connectivity index (χ2v) is 6.18. The Kier molecular flexibility index (Phi) is 6.30. The molecule has 142 valence electrons. The molecule has 0 aliphatic heterocycles. The summed E-state index contributed by atoms with van der Waals surface area (Å²) in [6.07, 6.45) is 6.81. The van der Waals surface area contributed by atoms with Crippen LogP contribution in [0, 0.1) is 0 Å². The molecule has 2 heterocycles. The number of anilines is 1. The van der Waals surface area contributed by atoms with E-state index in [9.17, 15) is 9.59 Å². The maximum absolute atomic E-state index is 13.3. The normalized spacial score (nSPS) is 10.3. The van der Waals surface area contributed by atoms with Gasteiger partial charge in [0, 0.05) is 43.6 Å². The fourth-order valence-electron chi connectivity index (χ4n) is 2.79. The highest BCUT2D eigenvalue weighted by atomic mass is 16.4. The number of aliphatic carboxylic acids is 1. The molecule has 1 aromatic carbocycles. The molecule has 3 rings (SSSR count). The van der Waals surface area contributed by atoms with E-state index in [-0.39, 0.29) is 12.5 Å². The minimum Gasteiger partial charge on any atom is -0.480 e. The third kappa shape index (κ3) is 5.14. The summed E-state index contributed by atoms with van der Waals surface area (Å²) < 4.78 is 0. The minimum atomic E-state index is -0.996. The van der Waals surface area contributed by atoms with Crippen LogP contribution in [0.1, 0.15) is 21.5 Å². The van der Waals surface area contributed by atoms with Crippen LogP contribution in [0.4, 0.5) is 5.69 Å². The van der Waals surface area contributed by atoms with Gasteiger partial charge < -0.3 is 15.3 Å². The summed E-state index contributed by atoms with van der Waals surface area (Å²) in [6.45, 7) is 0.471. The highest BCUT2D eigenvalue weighted by molar-refractivity contribution is 6.00. The van der Waals surface area contributed by atoms with E-state index in [1.54, 1.807) is 54.0 Å². The third-order valence-electron chi connectivity index (χ3n) is 4.07. The fourth-order valence-corrected chi connectivity index (χ4v) is 2.79. The van der Waals surface area contributed by atoms with Crippen molar-refractivity contribution in [2.24, 2.45) is 0 Å². The Morgan fingerprint density at radius 1 is 0.893 bits per heavy atom. The monoisotopic (exact) mass is 376 g/mol. The zero-order valence-corrected chi connectivity index (χ0v) is 15.2. The zero-order valence-electron chi connectivity index (χ0n) is 15.2. The molecule has 0 saturated heterocycles. The highest BCUT2D eigenvalue weighted by Gasteiger charge is 2.20. The van der Waals surface area contributed by atoms with Crippen molar-refractivity contribution < 1.29 is 14.7 Å². The van der Waals surface area contributed by atoms with Gasteiger partial charge in [-0.15, -0.1) is 0 Å². The molecule has 0 bridgehead atoms. The van der Waals surface area contributed by atoms with Gasteiger partial charge in [0.15, 0.2) is 0 Å². The Morgan fingerprint density at radius 2 is 1.50 bits per heavy atom. The van der Waals surface area contributed by atoms with Crippen molar-refractivity contribution in [2.45, 2.75) is 13.1 Å². The molecular formula is C21H20N4O3. The number of carboxylic acid groups (broad SMARTS) is 1. The summed E-state index contributed by atoms with van der Waals surface area (Å²) in [5, 5.41) is 11.7. The summed E-state index contributed by atoms with van der Waals surface area (Å²) in [6, 6.07) is 14.4. The topological polar surface area (TPSA) is 95.4 Å². The number of benzene rings is 1. The SMILES string of the molecule is O=C(O)CNc1ccccc1C(=O)N(Cc1cccnc1)Cc1cccnc1. The lowest BCUT2D eigenvalue weighted by molar-refractivity contribution is -0.134. The molecule has 0 aliphatic carbocycles. The quantitative estimate of drug-likeness (QED) is 0.628. The van der Waals surface area contributed by atoms with Crippen LogP contribution >= 0.6 is 0 Å².